The minimum Gasteiger partial charge on any atom is -0.486 e. The third-order valence-corrected chi connectivity index (χ3v) is 5.80. The molecule has 28 heavy (non-hydrogen) atoms. The van der Waals surface area contributed by atoms with E-state index in [-0.39, 0.29) is 36.8 Å². The van der Waals surface area contributed by atoms with Crippen LogP contribution in [0.3, 0.4) is 0 Å². The normalized spacial score (nSPS) is 18.8. The molecule has 1 aliphatic heterocycles. The van der Waals surface area contributed by atoms with Crippen LogP contribution >= 0.6 is 47.8 Å². The number of nitrogens with zero attached hydrogens (tertiary/aromatic N) is 2. The third kappa shape index (κ3) is 6.78. The van der Waals surface area contributed by atoms with Gasteiger partial charge in [-0.3, -0.25) is 4.79 Å². The van der Waals surface area contributed by atoms with E-state index >= 15 is 0 Å². The molecule has 1 saturated heterocycles. The second-order valence-electron chi connectivity index (χ2n) is 6.76. The van der Waals surface area contributed by atoms with Gasteiger partial charge in [0.2, 0.25) is 5.91 Å². The first-order valence-corrected chi connectivity index (χ1v) is 10.1. The van der Waals surface area contributed by atoms with Crippen molar-refractivity contribution in [3.05, 3.63) is 45.4 Å². The van der Waals surface area contributed by atoms with Crippen LogP contribution < -0.4 is 10.5 Å². The van der Waals surface area contributed by atoms with E-state index in [1.165, 1.54) is 11.3 Å². The quantitative estimate of drug-likeness (QED) is 0.687. The van der Waals surface area contributed by atoms with Gasteiger partial charge in [0.1, 0.15) is 17.4 Å². The Kier molecular flexibility index (Phi) is 10.6. The fraction of sp³-hybridized carbons (Fsp3) is 0.474. The summed E-state index contributed by atoms with van der Waals surface area (Å²) in [4.78, 5) is 19.1. The number of rotatable bonds is 6. The van der Waals surface area contributed by atoms with Gasteiger partial charge < -0.3 is 15.4 Å². The highest BCUT2D eigenvalue weighted by atomic mass is 35.5. The third-order valence-electron chi connectivity index (χ3n) is 4.68. The van der Waals surface area contributed by atoms with Crippen molar-refractivity contribution in [2.45, 2.75) is 38.8 Å². The maximum Gasteiger partial charge on any atom is 0.228 e. The van der Waals surface area contributed by atoms with E-state index in [1.807, 2.05) is 22.4 Å². The highest BCUT2D eigenvalue weighted by Gasteiger charge is 2.29. The molecule has 0 bridgehead atoms. The van der Waals surface area contributed by atoms with Crippen molar-refractivity contribution in [1.82, 2.24) is 9.88 Å². The van der Waals surface area contributed by atoms with Crippen LogP contribution in [0.5, 0.6) is 5.75 Å². The summed E-state index contributed by atoms with van der Waals surface area (Å²) in [5.74, 6) is 1.49. The zero-order valence-electron chi connectivity index (χ0n) is 15.7. The number of ether oxygens (including phenoxy) is 1. The number of likely N-dealkylation sites (tertiary alicyclic amines) is 1. The SMILES string of the molecule is CC1CCN(C(=O)Cc2csc(COc3ccc(Cl)cc3)n2)C(CN)C1.Cl.Cl. The van der Waals surface area contributed by atoms with E-state index in [9.17, 15) is 4.79 Å². The highest BCUT2D eigenvalue weighted by molar-refractivity contribution is 7.09. The van der Waals surface area contributed by atoms with Gasteiger partial charge in [-0.05, 0) is 43.0 Å². The van der Waals surface area contributed by atoms with E-state index in [4.69, 9.17) is 22.1 Å². The highest BCUT2D eigenvalue weighted by Crippen LogP contribution is 2.23. The number of hydrogen-bond acceptors (Lipinski definition) is 5. The summed E-state index contributed by atoms with van der Waals surface area (Å²) >= 11 is 7.37. The molecule has 1 aromatic carbocycles. The smallest absolute Gasteiger partial charge is 0.228 e. The molecule has 2 heterocycles. The molecule has 156 valence electrons. The van der Waals surface area contributed by atoms with Crippen LogP contribution in [0.25, 0.3) is 0 Å². The van der Waals surface area contributed by atoms with Gasteiger partial charge in [-0.25, -0.2) is 4.98 Å². The van der Waals surface area contributed by atoms with Crippen LogP contribution in [0.15, 0.2) is 29.6 Å². The van der Waals surface area contributed by atoms with Crippen LogP contribution in [0.2, 0.25) is 5.02 Å². The molecule has 1 aromatic heterocycles. The molecule has 0 spiro atoms. The second kappa shape index (κ2) is 11.8. The minimum absolute atomic E-state index is 0. The fourth-order valence-corrected chi connectivity index (χ4v) is 4.06. The lowest BCUT2D eigenvalue weighted by atomic mass is 9.92. The summed E-state index contributed by atoms with van der Waals surface area (Å²) in [5, 5.41) is 3.46. The summed E-state index contributed by atoms with van der Waals surface area (Å²) in [5.41, 5.74) is 6.66. The number of aromatic nitrogens is 1. The molecule has 1 amide bonds. The Morgan fingerprint density at radius 1 is 1.36 bits per heavy atom. The molecule has 0 aliphatic carbocycles. The first kappa shape index (κ1) is 25.0. The van der Waals surface area contributed by atoms with Crippen molar-refractivity contribution in [3.8, 4) is 5.75 Å². The fourth-order valence-electron chi connectivity index (χ4n) is 3.23. The number of amides is 1. The van der Waals surface area contributed by atoms with Crippen molar-refractivity contribution in [3.63, 3.8) is 0 Å². The molecule has 0 saturated carbocycles. The van der Waals surface area contributed by atoms with Crippen LogP contribution in [0.4, 0.5) is 0 Å². The molecule has 2 atom stereocenters. The number of nitrogens with two attached hydrogens (primary N) is 1. The van der Waals surface area contributed by atoms with Crippen molar-refractivity contribution in [1.29, 1.82) is 0 Å². The average Bonchev–Trinajstić information content (AvgIpc) is 3.08. The Morgan fingerprint density at radius 3 is 2.75 bits per heavy atom. The van der Waals surface area contributed by atoms with Crippen LogP contribution in [-0.4, -0.2) is 34.9 Å². The molecular formula is C19H26Cl3N3O2S. The van der Waals surface area contributed by atoms with Crippen molar-refractivity contribution < 1.29 is 9.53 Å². The van der Waals surface area contributed by atoms with Gasteiger partial charge >= 0.3 is 0 Å². The Balaban J connectivity index is 0.00000196. The topological polar surface area (TPSA) is 68.5 Å². The molecule has 0 radical (unpaired) electrons. The number of carbonyl (C=O) groups is 1. The van der Waals surface area contributed by atoms with E-state index in [1.54, 1.807) is 12.1 Å². The number of thiazole rings is 1. The van der Waals surface area contributed by atoms with Gasteiger partial charge in [-0.1, -0.05) is 18.5 Å². The van der Waals surface area contributed by atoms with Crippen molar-refractivity contribution in [2.75, 3.05) is 13.1 Å². The molecule has 5 nitrogen and oxygen atoms in total. The lowest BCUT2D eigenvalue weighted by molar-refractivity contribution is -0.134. The van der Waals surface area contributed by atoms with E-state index in [2.05, 4.69) is 11.9 Å². The van der Waals surface area contributed by atoms with Crippen LogP contribution in [-0.2, 0) is 17.8 Å². The van der Waals surface area contributed by atoms with Crippen LogP contribution in [0.1, 0.15) is 30.5 Å². The molecule has 2 unspecified atom stereocenters. The first-order chi connectivity index (χ1) is 12.5. The maximum atomic E-state index is 12.7. The molecule has 1 aliphatic rings. The standard InChI is InChI=1S/C19H24ClN3O2S.2ClH/c1-13-6-7-23(16(8-13)10-21)19(24)9-15-12-26-18(22-15)11-25-17-4-2-14(20)3-5-17;;/h2-5,12-13,16H,6-11,21H2,1H3;2*1H. The number of halogens is 3. The summed E-state index contributed by atoms with van der Waals surface area (Å²) in [6.07, 6.45) is 2.35. The Hall–Kier alpha value is -1.05. The molecule has 2 N–H and O–H groups in total. The summed E-state index contributed by atoms with van der Waals surface area (Å²) in [7, 11) is 0. The number of piperidine rings is 1. The monoisotopic (exact) mass is 465 g/mol. The van der Waals surface area contributed by atoms with Crippen LogP contribution in [0, 0.1) is 5.92 Å². The van der Waals surface area contributed by atoms with E-state index in [0.717, 1.165) is 35.8 Å². The zero-order chi connectivity index (χ0) is 18.5. The minimum atomic E-state index is 0. The first-order valence-electron chi connectivity index (χ1n) is 8.86. The number of hydrogen-bond donors (Lipinski definition) is 1. The van der Waals surface area contributed by atoms with Gasteiger partial charge in [0.25, 0.3) is 0 Å². The number of carbonyl (C=O) groups excluding carboxylic acids is 1. The van der Waals surface area contributed by atoms with Crippen molar-refractivity contribution in [2.24, 2.45) is 11.7 Å². The molecule has 1 fully saturated rings. The van der Waals surface area contributed by atoms with Gasteiger partial charge in [-0.15, -0.1) is 36.2 Å². The molecule has 2 aromatic rings. The Labute approximate surface area is 187 Å². The second-order valence-corrected chi connectivity index (χ2v) is 8.14. The Bertz CT molecular complexity index is 742. The van der Waals surface area contributed by atoms with Crippen molar-refractivity contribution >= 4 is 53.7 Å². The number of benzene rings is 1. The zero-order valence-corrected chi connectivity index (χ0v) is 18.9. The summed E-state index contributed by atoms with van der Waals surface area (Å²) < 4.78 is 5.71. The molecule has 9 heteroatoms. The van der Waals surface area contributed by atoms with Gasteiger partial charge in [0, 0.05) is 29.5 Å². The average molecular weight is 467 g/mol. The predicted octanol–water partition coefficient (Wildman–Crippen LogP) is 4.35. The van der Waals surface area contributed by atoms with Gasteiger partial charge in [-0.2, -0.15) is 0 Å². The van der Waals surface area contributed by atoms with Gasteiger partial charge in [0.05, 0.1) is 12.1 Å². The molecular weight excluding hydrogens is 441 g/mol. The lowest BCUT2D eigenvalue weighted by Crippen LogP contribution is -2.49. The largest absolute Gasteiger partial charge is 0.486 e. The summed E-state index contributed by atoms with van der Waals surface area (Å²) in [6.45, 7) is 3.91. The van der Waals surface area contributed by atoms with Gasteiger partial charge in [0.15, 0.2) is 0 Å². The lowest BCUT2D eigenvalue weighted by Gasteiger charge is -2.38. The predicted molar refractivity (Wildman–Crippen MR) is 119 cm³/mol. The van der Waals surface area contributed by atoms with E-state index in [0.29, 0.717) is 30.5 Å². The Morgan fingerprint density at radius 2 is 2.07 bits per heavy atom. The molecule has 3 rings (SSSR count). The summed E-state index contributed by atoms with van der Waals surface area (Å²) in [6, 6.07) is 7.37. The van der Waals surface area contributed by atoms with E-state index < -0.39 is 0 Å². The maximum absolute atomic E-state index is 12.7.